The zero-order valence-electron chi connectivity index (χ0n) is 29.4. The first kappa shape index (κ1) is 44.3. The molecule has 0 aromatic carbocycles. The van der Waals surface area contributed by atoms with Crippen LogP contribution in [0, 0.1) is 5.92 Å². The highest BCUT2D eigenvalue weighted by atomic mass is 32.2. The van der Waals surface area contributed by atoms with Crippen molar-refractivity contribution in [2.45, 2.75) is 108 Å². The van der Waals surface area contributed by atoms with E-state index in [1.165, 1.54) is 16.7 Å². The van der Waals surface area contributed by atoms with Crippen molar-refractivity contribution in [3.8, 4) is 0 Å². The average Bonchev–Trinajstić information content (AvgIpc) is 3.56. The summed E-state index contributed by atoms with van der Waals surface area (Å²) in [6.07, 6.45) is 4.61. The molecule has 0 radical (unpaired) electrons. The third kappa shape index (κ3) is 15.9. The molecule has 0 aromatic heterocycles. The standard InChI is InChI=1S/C31H58N10O8S/c1-18(2)16-23(40-25(43)19(33)17-42)28(46)38-21(11-15-50-3)27(45)37-20(8-4-5-12-32)26(44)39-22(9-6-13-36-31(34)35)29(47)41-14-7-10-24(41)30(48)49/h18-24,42H,4-17,32-33H2,1-3H3,(H,37,45)(H,38,46)(H,39,44)(H,40,43)(H,48,49)(H4,34,35,36). The number of nitrogens with one attached hydrogen (secondary N) is 4. The summed E-state index contributed by atoms with van der Waals surface area (Å²) < 4.78 is 0. The largest absolute Gasteiger partial charge is 0.480 e. The smallest absolute Gasteiger partial charge is 0.326 e. The SMILES string of the molecule is CSCCC(NC(=O)C(CC(C)C)NC(=O)C(N)CO)C(=O)NC(CCCCN)C(=O)NC(CCCN=C(N)N)C(=O)N1CCCC1C(=O)O. The number of nitrogens with two attached hydrogens (primary N) is 4. The van der Waals surface area contributed by atoms with Gasteiger partial charge in [0, 0.05) is 13.1 Å². The molecule has 6 atom stereocenters. The number of amides is 5. The first-order valence-electron chi connectivity index (χ1n) is 17.0. The molecule has 1 heterocycles. The maximum absolute atomic E-state index is 13.8. The number of hydrogen-bond donors (Lipinski definition) is 10. The topological polar surface area (TPSA) is 311 Å². The summed E-state index contributed by atoms with van der Waals surface area (Å²) in [6.45, 7) is 3.82. The summed E-state index contributed by atoms with van der Waals surface area (Å²) in [6, 6.07) is -6.63. The summed E-state index contributed by atoms with van der Waals surface area (Å²) in [5, 5.41) is 29.6. The fraction of sp³-hybridized carbons (Fsp3) is 0.774. The Balaban J connectivity index is 3.27. The molecule has 0 aliphatic carbocycles. The van der Waals surface area contributed by atoms with Crippen LogP contribution in [0.2, 0.25) is 0 Å². The number of carboxylic acid groups (broad SMARTS) is 1. The van der Waals surface area contributed by atoms with Gasteiger partial charge in [-0.25, -0.2) is 4.79 Å². The zero-order chi connectivity index (χ0) is 37.8. The predicted octanol–water partition coefficient (Wildman–Crippen LogP) is -2.70. The molecule has 14 N–H and O–H groups in total. The van der Waals surface area contributed by atoms with Gasteiger partial charge in [0.1, 0.15) is 36.3 Å². The van der Waals surface area contributed by atoms with Crippen LogP contribution in [0.1, 0.15) is 71.6 Å². The number of nitrogens with zero attached hydrogens (tertiary/aromatic N) is 2. The number of guanidine groups is 1. The molecule has 6 unspecified atom stereocenters. The number of aliphatic imine (C=N–C) groups is 1. The Labute approximate surface area is 298 Å². The molecular weight excluding hydrogens is 672 g/mol. The molecule has 50 heavy (non-hydrogen) atoms. The highest BCUT2D eigenvalue weighted by molar-refractivity contribution is 7.98. The maximum atomic E-state index is 13.8. The number of aliphatic hydroxyl groups is 1. The number of rotatable bonds is 24. The molecule has 0 saturated carbocycles. The molecule has 1 aliphatic rings. The van der Waals surface area contributed by atoms with Crippen molar-refractivity contribution >= 4 is 53.2 Å². The second kappa shape index (κ2) is 23.7. The number of aliphatic carboxylic acids is 1. The van der Waals surface area contributed by atoms with E-state index in [1.54, 1.807) is 0 Å². The Kier molecular flexibility index (Phi) is 21.0. The molecule has 1 aliphatic heterocycles. The number of likely N-dealkylation sites (tertiary alicyclic amines) is 1. The summed E-state index contributed by atoms with van der Waals surface area (Å²) in [4.78, 5) is 83.9. The van der Waals surface area contributed by atoms with Crippen LogP contribution in [0.5, 0.6) is 0 Å². The van der Waals surface area contributed by atoms with Crippen LogP contribution >= 0.6 is 11.8 Å². The van der Waals surface area contributed by atoms with Crippen molar-refractivity contribution in [2.24, 2.45) is 33.8 Å². The maximum Gasteiger partial charge on any atom is 0.326 e. The van der Waals surface area contributed by atoms with Crippen LogP contribution in [0.3, 0.4) is 0 Å². The van der Waals surface area contributed by atoms with Gasteiger partial charge in [0.15, 0.2) is 5.96 Å². The van der Waals surface area contributed by atoms with Crippen molar-refractivity contribution in [2.75, 3.05) is 38.2 Å². The number of hydrogen-bond acceptors (Lipinski definition) is 11. The Morgan fingerprint density at radius 3 is 1.96 bits per heavy atom. The minimum Gasteiger partial charge on any atom is -0.480 e. The van der Waals surface area contributed by atoms with E-state index in [-0.39, 0.29) is 57.1 Å². The first-order chi connectivity index (χ1) is 23.7. The van der Waals surface area contributed by atoms with Crippen molar-refractivity contribution in [3.05, 3.63) is 0 Å². The summed E-state index contributed by atoms with van der Waals surface area (Å²) in [5.41, 5.74) is 22.1. The second-order valence-corrected chi connectivity index (χ2v) is 13.7. The van der Waals surface area contributed by atoms with Gasteiger partial charge >= 0.3 is 5.97 Å². The fourth-order valence-electron chi connectivity index (χ4n) is 5.40. The van der Waals surface area contributed by atoms with E-state index in [9.17, 15) is 39.0 Å². The fourth-order valence-corrected chi connectivity index (χ4v) is 5.87. The summed E-state index contributed by atoms with van der Waals surface area (Å²) in [7, 11) is 0. The van der Waals surface area contributed by atoms with Gasteiger partial charge in [-0.3, -0.25) is 29.0 Å². The lowest BCUT2D eigenvalue weighted by molar-refractivity contribution is -0.149. The number of unbranched alkanes of at least 4 members (excludes halogenated alkanes) is 1. The lowest BCUT2D eigenvalue weighted by atomic mass is 10.0. The minimum atomic E-state index is -1.23. The number of thioether (sulfide) groups is 1. The van der Waals surface area contributed by atoms with E-state index in [0.29, 0.717) is 38.0 Å². The highest BCUT2D eigenvalue weighted by Crippen LogP contribution is 2.20. The Morgan fingerprint density at radius 2 is 1.42 bits per heavy atom. The van der Waals surface area contributed by atoms with Crippen molar-refractivity contribution in [1.82, 2.24) is 26.2 Å². The molecule has 1 rings (SSSR count). The van der Waals surface area contributed by atoms with Gasteiger partial charge in [0.2, 0.25) is 29.5 Å². The van der Waals surface area contributed by atoms with E-state index >= 15 is 0 Å². The van der Waals surface area contributed by atoms with Gasteiger partial charge in [-0.15, -0.1) is 0 Å². The van der Waals surface area contributed by atoms with Crippen molar-refractivity contribution in [3.63, 3.8) is 0 Å². The van der Waals surface area contributed by atoms with Crippen molar-refractivity contribution in [1.29, 1.82) is 0 Å². The van der Waals surface area contributed by atoms with E-state index in [2.05, 4.69) is 26.3 Å². The Morgan fingerprint density at radius 1 is 0.860 bits per heavy atom. The number of carbonyl (C=O) groups is 6. The molecule has 1 saturated heterocycles. The Bertz CT molecular complexity index is 1160. The Hall–Kier alpha value is -3.68. The van der Waals surface area contributed by atoms with Crippen LogP contribution < -0.4 is 44.2 Å². The van der Waals surface area contributed by atoms with E-state index in [1.807, 2.05) is 20.1 Å². The number of carbonyl (C=O) groups excluding carboxylic acids is 5. The highest BCUT2D eigenvalue weighted by Gasteiger charge is 2.38. The molecule has 1 fully saturated rings. The van der Waals surface area contributed by atoms with E-state index in [4.69, 9.17) is 22.9 Å². The third-order valence-corrected chi connectivity index (χ3v) is 8.72. The summed E-state index contributed by atoms with van der Waals surface area (Å²) in [5.74, 6) is -4.06. The lowest BCUT2D eigenvalue weighted by Crippen LogP contribution is -2.59. The third-order valence-electron chi connectivity index (χ3n) is 8.08. The van der Waals surface area contributed by atoms with E-state index in [0.717, 1.165) is 0 Å². The van der Waals surface area contributed by atoms with Crippen LogP contribution in [-0.4, -0.2) is 131 Å². The predicted molar refractivity (Wildman–Crippen MR) is 190 cm³/mol. The van der Waals surface area contributed by atoms with Crippen molar-refractivity contribution < 1.29 is 39.0 Å². The lowest BCUT2D eigenvalue weighted by Gasteiger charge is -2.29. The number of aliphatic hydroxyl groups excluding tert-OH is 1. The average molecular weight is 731 g/mol. The van der Waals surface area contributed by atoms with Gasteiger partial charge in [0.25, 0.3) is 0 Å². The molecular formula is C31H58N10O8S. The molecule has 0 aromatic rings. The van der Waals surface area contributed by atoms with Gasteiger partial charge < -0.3 is 59.3 Å². The summed E-state index contributed by atoms with van der Waals surface area (Å²) >= 11 is 1.44. The van der Waals surface area contributed by atoms with Gasteiger partial charge in [-0.1, -0.05) is 13.8 Å². The molecule has 19 heteroatoms. The molecule has 0 bridgehead atoms. The zero-order valence-corrected chi connectivity index (χ0v) is 30.2. The van der Waals surface area contributed by atoms with E-state index < -0.39 is 78.4 Å². The normalized spacial score (nSPS) is 17.2. The van der Waals surface area contributed by atoms with Crippen LogP contribution in [0.25, 0.3) is 0 Å². The molecule has 18 nitrogen and oxygen atoms in total. The van der Waals surface area contributed by atoms with Gasteiger partial charge in [-0.05, 0) is 82.3 Å². The van der Waals surface area contributed by atoms with Crippen LogP contribution in [-0.2, 0) is 28.8 Å². The van der Waals surface area contributed by atoms with Gasteiger partial charge in [-0.2, -0.15) is 11.8 Å². The molecule has 286 valence electrons. The van der Waals surface area contributed by atoms with Crippen LogP contribution in [0.4, 0.5) is 0 Å². The first-order valence-corrected chi connectivity index (χ1v) is 18.4. The quantitative estimate of drug-likeness (QED) is 0.0275. The molecule has 0 spiro atoms. The number of carboxylic acids is 1. The van der Waals surface area contributed by atoms with Crippen LogP contribution in [0.15, 0.2) is 4.99 Å². The monoisotopic (exact) mass is 730 g/mol. The minimum absolute atomic E-state index is 0.0213. The van der Waals surface area contributed by atoms with Gasteiger partial charge in [0.05, 0.1) is 6.61 Å². The second-order valence-electron chi connectivity index (χ2n) is 12.7. The molecule has 5 amide bonds.